The van der Waals surface area contributed by atoms with Crippen LogP contribution in [-0.4, -0.2) is 22.6 Å². The number of aromatic nitrogens is 2. The lowest BCUT2D eigenvalue weighted by Gasteiger charge is -2.17. The van der Waals surface area contributed by atoms with E-state index in [1.807, 2.05) is 0 Å². The quantitative estimate of drug-likeness (QED) is 0.848. The maximum absolute atomic E-state index is 13.3. The van der Waals surface area contributed by atoms with E-state index in [0.717, 1.165) is 0 Å². The third-order valence-electron chi connectivity index (χ3n) is 3.07. The smallest absolute Gasteiger partial charge is 0.227 e. The van der Waals surface area contributed by atoms with Crippen molar-refractivity contribution in [1.82, 2.24) is 10.1 Å². The Morgan fingerprint density at radius 1 is 1.47 bits per heavy atom. The summed E-state index contributed by atoms with van der Waals surface area (Å²) in [6.07, 6.45) is 1.48. The molecule has 1 aromatic carbocycles. The molecule has 98 valence electrons. The molecule has 0 N–H and O–H groups in total. The molecule has 5 nitrogen and oxygen atoms in total. The van der Waals surface area contributed by atoms with Crippen molar-refractivity contribution in [3.05, 3.63) is 41.3 Å². The fraction of sp³-hybridized carbons (Fsp3) is 0.250. The number of nitrogens with zero attached hydrogens (tertiary/aromatic N) is 3. The summed E-state index contributed by atoms with van der Waals surface area (Å²) in [5.41, 5.74) is 0.373. The van der Waals surface area contributed by atoms with Gasteiger partial charge in [-0.05, 0) is 18.2 Å². The van der Waals surface area contributed by atoms with Crippen LogP contribution in [0.5, 0.6) is 0 Å². The van der Waals surface area contributed by atoms with E-state index in [-0.39, 0.29) is 18.2 Å². The third kappa shape index (κ3) is 2.19. The number of carbonyl (C=O) groups excluding carboxylic acids is 1. The standard InChI is InChI=1S/C12H9ClFN3O2/c13-9-2-1-8(14)4-10(9)17-5-7(3-11(17)18)12-15-6-19-16-12/h1-2,4,6-7H,3,5H2. The van der Waals surface area contributed by atoms with Gasteiger partial charge in [0.2, 0.25) is 12.3 Å². The zero-order valence-corrected chi connectivity index (χ0v) is 10.5. The molecule has 1 aliphatic heterocycles. The third-order valence-corrected chi connectivity index (χ3v) is 3.39. The van der Waals surface area contributed by atoms with E-state index >= 15 is 0 Å². The molecule has 2 heterocycles. The van der Waals surface area contributed by atoms with Crippen molar-refractivity contribution in [2.24, 2.45) is 0 Å². The van der Waals surface area contributed by atoms with E-state index in [4.69, 9.17) is 11.6 Å². The molecule has 3 rings (SSSR count). The summed E-state index contributed by atoms with van der Waals surface area (Å²) in [6.45, 7) is 0.363. The fourth-order valence-corrected chi connectivity index (χ4v) is 2.38. The first-order valence-electron chi connectivity index (χ1n) is 5.67. The van der Waals surface area contributed by atoms with Crippen LogP contribution in [0, 0.1) is 5.82 Å². The highest BCUT2D eigenvalue weighted by Crippen LogP contribution is 2.34. The summed E-state index contributed by atoms with van der Waals surface area (Å²) in [6, 6.07) is 3.93. The average Bonchev–Trinajstić information content (AvgIpc) is 3.01. The molecule has 1 aliphatic rings. The first-order chi connectivity index (χ1) is 9.15. The summed E-state index contributed by atoms with van der Waals surface area (Å²) in [5, 5.41) is 4.07. The van der Waals surface area contributed by atoms with Crippen LogP contribution in [0.25, 0.3) is 0 Å². The summed E-state index contributed by atoms with van der Waals surface area (Å²) in [4.78, 5) is 17.4. The predicted octanol–water partition coefficient (Wildman–Crippen LogP) is 2.38. The number of hydrogen-bond donors (Lipinski definition) is 0. The van der Waals surface area contributed by atoms with Crippen LogP contribution in [-0.2, 0) is 4.79 Å². The van der Waals surface area contributed by atoms with Crippen molar-refractivity contribution in [2.75, 3.05) is 11.4 Å². The molecule has 1 atom stereocenters. The molecule has 0 spiro atoms. The number of anilines is 1. The Hall–Kier alpha value is -1.95. The van der Waals surface area contributed by atoms with Crippen LogP contribution in [0.3, 0.4) is 0 Å². The Morgan fingerprint density at radius 3 is 3.05 bits per heavy atom. The normalized spacial score (nSPS) is 19.2. The van der Waals surface area contributed by atoms with Gasteiger partial charge in [0.25, 0.3) is 0 Å². The second kappa shape index (κ2) is 4.62. The lowest BCUT2D eigenvalue weighted by Crippen LogP contribution is -2.24. The van der Waals surface area contributed by atoms with Crippen LogP contribution in [0.4, 0.5) is 10.1 Å². The van der Waals surface area contributed by atoms with Gasteiger partial charge >= 0.3 is 0 Å². The first kappa shape index (κ1) is 12.1. The van der Waals surface area contributed by atoms with E-state index in [2.05, 4.69) is 14.7 Å². The van der Waals surface area contributed by atoms with Gasteiger partial charge < -0.3 is 9.42 Å². The molecule has 0 aliphatic carbocycles. The van der Waals surface area contributed by atoms with E-state index in [9.17, 15) is 9.18 Å². The van der Waals surface area contributed by atoms with Crippen molar-refractivity contribution in [3.8, 4) is 0 Å². The summed E-state index contributed by atoms with van der Waals surface area (Å²) in [7, 11) is 0. The minimum absolute atomic E-state index is 0.137. The van der Waals surface area contributed by atoms with Crippen LogP contribution >= 0.6 is 11.6 Å². The molecule has 0 bridgehead atoms. The number of halogens is 2. The van der Waals surface area contributed by atoms with Crippen LogP contribution < -0.4 is 4.90 Å². The van der Waals surface area contributed by atoms with Gasteiger partial charge in [-0.1, -0.05) is 16.8 Å². The molecule has 1 saturated heterocycles. The molecule has 1 amide bonds. The minimum Gasteiger partial charge on any atom is -0.343 e. The van der Waals surface area contributed by atoms with E-state index in [1.165, 1.54) is 29.5 Å². The number of amides is 1. The van der Waals surface area contributed by atoms with Gasteiger partial charge in [-0.25, -0.2) is 4.39 Å². The highest BCUT2D eigenvalue weighted by atomic mass is 35.5. The number of hydrogen-bond acceptors (Lipinski definition) is 4. The van der Waals surface area contributed by atoms with Crippen LogP contribution in [0.15, 0.2) is 29.1 Å². The van der Waals surface area contributed by atoms with Gasteiger partial charge in [0.05, 0.1) is 10.7 Å². The van der Waals surface area contributed by atoms with Crippen LogP contribution in [0.2, 0.25) is 5.02 Å². The van der Waals surface area contributed by atoms with Crippen LogP contribution in [0.1, 0.15) is 18.2 Å². The maximum atomic E-state index is 13.3. The van der Waals surface area contributed by atoms with Gasteiger partial charge in [0.15, 0.2) is 5.82 Å². The Balaban J connectivity index is 1.90. The van der Waals surface area contributed by atoms with Gasteiger partial charge in [-0.2, -0.15) is 4.98 Å². The van der Waals surface area contributed by atoms with Gasteiger partial charge in [0, 0.05) is 18.9 Å². The van der Waals surface area contributed by atoms with Gasteiger partial charge in [0.1, 0.15) is 5.82 Å². The lowest BCUT2D eigenvalue weighted by molar-refractivity contribution is -0.117. The fourth-order valence-electron chi connectivity index (χ4n) is 2.16. The lowest BCUT2D eigenvalue weighted by atomic mass is 10.1. The maximum Gasteiger partial charge on any atom is 0.227 e. The predicted molar refractivity (Wildman–Crippen MR) is 65.4 cm³/mol. The van der Waals surface area contributed by atoms with Crippen molar-refractivity contribution >= 4 is 23.2 Å². The SMILES string of the molecule is O=C1CC(c2ncon2)CN1c1cc(F)ccc1Cl. The molecule has 1 fully saturated rings. The summed E-state index contributed by atoms with van der Waals surface area (Å²) in [5.74, 6) is -0.258. The molecular weight excluding hydrogens is 273 g/mol. The minimum atomic E-state index is -0.435. The molecular formula is C12H9ClFN3O2. The Kier molecular flexibility index (Phi) is 2.94. The average molecular weight is 282 g/mol. The van der Waals surface area contributed by atoms with Crippen molar-refractivity contribution in [2.45, 2.75) is 12.3 Å². The molecule has 19 heavy (non-hydrogen) atoms. The highest BCUT2D eigenvalue weighted by molar-refractivity contribution is 6.33. The van der Waals surface area contributed by atoms with E-state index in [1.54, 1.807) is 0 Å². The number of carbonyl (C=O) groups is 1. The molecule has 0 radical (unpaired) electrons. The molecule has 7 heteroatoms. The molecule has 2 aromatic rings. The second-order valence-electron chi connectivity index (χ2n) is 4.29. The van der Waals surface area contributed by atoms with E-state index in [0.29, 0.717) is 23.1 Å². The number of rotatable bonds is 2. The Labute approximate surface area is 113 Å². The Bertz CT molecular complexity index is 617. The highest BCUT2D eigenvalue weighted by Gasteiger charge is 2.35. The second-order valence-corrected chi connectivity index (χ2v) is 4.70. The molecule has 0 saturated carbocycles. The summed E-state index contributed by atoms with van der Waals surface area (Å²) < 4.78 is 17.9. The molecule has 1 unspecified atom stereocenters. The van der Waals surface area contributed by atoms with Gasteiger partial charge in [-0.3, -0.25) is 4.79 Å². The summed E-state index contributed by atoms with van der Waals surface area (Å²) >= 11 is 6.00. The zero-order valence-electron chi connectivity index (χ0n) is 9.72. The van der Waals surface area contributed by atoms with Gasteiger partial charge in [-0.15, -0.1) is 0 Å². The van der Waals surface area contributed by atoms with Crippen molar-refractivity contribution in [1.29, 1.82) is 0 Å². The van der Waals surface area contributed by atoms with Crippen molar-refractivity contribution < 1.29 is 13.7 Å². The molecule has 1 aromatic heterocycles. The van der Waals surface area contributed by atoms with Crippen molar-refractivity contribution in [3.63, 3.8) is 0 Å². The topological polar surface area (TPSA) is 59.2 Å². The first-order valence-corrected chi connectivity index (χ1v) is 6.04. The monoisotopic (exact) mass is 281 g/mol. The Morgan fingerprint density at radius 2 is 2.32 bits per heavy atom. The zero-order chi connectivity index (χ0) is 13.4. The number of benzene rings is 1. The van der Waals surface area contributed by atoms with E-state index < -0.39 is 5.82 Å². The largest absolute Gasteiger partial charge is 0.343 e.